The van der Waals surface area contributed by atoms with Gasteiger partial charge in [0.2, 0.25) is 0 Å². The highest BCUT2D eigenvalue weighted by Crippen LogP contribution is 2.22. The van der Waals surface area contributed by atoms with Crippen LogP contribution in [0.3, 0.4) is 0 Å². The first-order chi connectivity index (χ1) is 6.70. The molecule has 0 atom stereocenters. The first-order valence-electron chi connectivity index (χ1n) is 4.40. The van der Waals surface area contributed by atoms with Crippen molar-refractivity contribution in [2.45, 2.75) is 6.92 Å². The Morgan fingerprint density at radius 3 is 2.86 bits per heavy atom. The minimum absolute atomic E-state index is 0.538. The highest BCUT2D eigenvalue weighted by atomic mass is 35.5. The Labute approximate surface area is 88.0 Å². The third-order valence-electron chi connectivity index (χ3n) is 2.25. The topological polar surface area (TPSA) is 12.9 Å². The summed E-state index contributed by atoms with van der Waals surface area (Å²) in [6.45, 7) is 5.69. The number of hydrogen-bond acceptors (Lipinski definition) is 1. The Balaban J connectivity index is 2.81. The van der Waals surface area contributed by atoms with Crippen molar-refractivity contribution in [2.24, 2.45) is 0 Å². The second-order valence-electron chi connectivity index (χ2n) is 3.22. The zero-order valence-electron chi connectivity index (χ0n) is 7.92. The number of fused-ring (bicyclic) bond motifs is 1. The minimum atomic E-state index is 0.538. The van der Waals surface area contributed by atoms with Crippen LogP contribution < -0.4 is 0 Å². The summed E-state index contributed by atoms with van der Waals surface area (Å²) in [6.07, 6.45) is 1.82. The van der Waals surface area contributed by atoms with E-state index >= 15 is 0 Å². The Hall–Kier alpha value is -1.34. The molecule has 2 aromatic rings. The van der Waals surface area contributed by atoms with Gasteiger partial charge in [-0.15, -0.1) is 0 Å². The molecule has 0 unspecified atom stereocenters. The van der Waals surface area contributed by atoms with E-state index in [9.17, 15) is 0 Å². The van der Waals surface area contributed by atoms with Crippen LogP contribution in [-0.2, 0) is 0 Å². The lowest BCUT2D eigenvalue weighted by molar-refractivity contribution is 1.24. The fourth-order valence-corrected chi connectivity index (χ4v) is 1.78. The van der Waals surface area contributed by atoms with Gasteiger partial charge in [0, 0.05) is 11.1 Å². The second kappa shape index (κ2) is 3.43. The molecule has 2 heteroatoms. The van der Waals surface area contributed by atoms with E-state index < -0.39 is 0 Å². The summed E-state index contributed by atoms with van der Waals surface area (Å²) in [4.78, 5) is 4.20. The molecule has 1 aromatic heterocycles. The summed E-state index contributed by atoms with van der Waals surface area (Å²) in [6, 6.07) is 8.00. The van der Waals surface area contributed by atoms with Crippen LogP contribution in [0.2, 0.25) is 5.15 Å². The lowest BCUT2D eigenvalue weighted by Crippen LogP contribution is -1.85. The van der Waals surface area contributed by atoms with Gasteiger partial charge in [-0.25, -0.2) is 4.98 Å². The molecule has 2 rings (SSSR count). The van der Waals surface area contributed by atoms with E-state index in [1.165, 1.54) is 0 Å². The molecule has 0 aliphatic heterocycles. The third-order valence-corrected chi connectivity index (χ3v) is 2.44. The quantitative estimate of drug-likeness (QED) is 0.642. The van der Waals surface area contributed by atoms with Crippen molar-refractivity contribution in [2.75, 3.05) is 0 Å². The van der Waals surface area contributed by atoms with E-state index in [1.54, 1.807) is 0 Å². The van der Waals surface area contributed by atoms with Gasteiger partial charge in [-0.3, -0.25) is 0 Å². The van der Waals surface area contributed by atoms with Gasteiger partial charge in [-0.05, 0) is 30.0 Å². The highest BCUT2D eigenvalue weighted by molar-refractivity contribution is 6.30. The first kappa shape index (κ1) is 9.22. The molecule has 0 saturated carbocycles. The number of aryl methyl sites for hydroxylation is 1. The van der Waals surface area contributed by atoms with Crippen LogP contribution in [0.5, 0.6) is 0 Å². The van der Waals surface area contributed by atoms with Crippen molar-refractivity contribution in [1.29, 1.82) is 0 Å². The maximum atomic E-state index is 5.88. The van der Waals surface area contributed by atoms with Crippen molar-refractivity contribution in [3.63, 3.8) is 0 Å². The van der Waals surface area contributed by atoms with Gasteiger partial charge in [0.15, 0.2) is 0 Å². The average Bonchev–Trinajstić information content (AvgIpc) is 2.16. The number of aromatic nitrogens is 1. The molecule has 1 heterocycles. The van der Waals surface area contributed by atoms with E-state index in [-0.39, 0.29) is 0 Å². The Morgan fingerprint density at radius 1 is 1.36 bits per heavy atom. The lowest BCUT2D eigenvalue weighted by Gasteiger charge is -2.03. The predicted molar refractivity (Wildman–Crippen MR) is 61.6 cm³/mol. The van der Waals surface area contributed by atoms with Crippen molar-refractivity contribution in [3.8, 4) is 0 Å². The van der Waals surface area contributed by atoms with Crippen LogP contribution >= 0.6 is 11.6 Å². The van der Waals surface area contributed by atoms with Crippen molar-refractivity contribution >= 4 is 28.4 Å². The summed E-state index contributed by atoms with van der Waals surface area (Å²) < 4.78 is 0. The summed E-state index contributed by atoms with van der Waals surface area (Å²) in [5, 5.41) is 2.79. The monoisotopic (exact) mass is 203 g/mol. The number of rotatable bonds is 1. The molecule has 0 aliphatic carbocycles. The first-order valence-corrected chi connectivity index (χ1v) is 4.78. The number of halogens is 1. The molecular weight excluding hydrogens is 194 g/mol. The number of benzene rings is 1. The van der Waals surface area contributed by atoms with Crippen LogP contribution in [0.25, 0.3) is 16.8 Å². The SMILES string of the molecule is C=Cc1ccc2c(C)nc(Cl)cc2c1. The van der Waals surface area contributed by atoms with Crippen LogP contribution in [0.1, 0.15) is 11.3 Å². The highest BCUT2D eigenvalue weighted by Gasteiger charge is 2.00. The second-order valence-corrected chi connectivity index (χ2v) is 3.60. The molecule has 0 N–H and O–H groups in total. The molecule has 70 valence electrons. The molecule has 0 amide bonds. The van der Waals surface area contributed by atoms with Crippen molar-refractivity contribution < 1.29 is 0 Å². The molecule has 0 aliphatic rings. The Morgan fingerprint density at radius 2 is 2.14 bits per heavy atom. The summed E-state index contributed by atoms with van der Waals surface area (Å²) in [5.41, 5.74) is 2.06. The molecule has 0 saturated heterocycles. The van der Waals surface area contributed by atoms with Crippen LogP contribution in [-0.4, -0.2) is 4.98 Å². The average molecular weight is 204 g/mol. The molecule has 1 nitrogen and oxygen atoms in total. The largest absolute Gasteiger partial charge is 0.241 e. The zero-order chi connectivity index (χ0) is 10.1. The molecule has 1 aromatic carbocycles. The standard InChI is InChI=1S/C12H10ClN/c1-3-9-4-5-11-8(2)14-12(13)7-10(11)6-9/h3-7H,1H2,2H3. The van der Waals surface area contributed by atoms with Gasteiger partial charge in [-0.1, -0.05) is 36.4 Å². The van der Waals surface area contributed by atoms with Gasteiger partial charge in [0.1, 0.15) is 5.15 Å². The summed E-state index contributed by atoms with van der Waals surface area (Å²) >= 11 is 5.88. The third kappa shape index (κ3) is 1.51. The Kier molecular flexibility index (Phi) is 2.26. The summed E-state index contributed by atoms with van der Waals surface area (Å²) in [7, 11) is 0. The molecule has 0 spiro atoms. The molecule has 14 heavy (non-hydrogen) atoms. The molecule has 0 radical (unpaired) electrons. The molecule has 0 bridgehead atoms. The maximum absolute atomic E-state index is 5.88. The fraction of sp³-hybridized carbons (Fsp3) is 0.0833. The fourth-order valence-electron chi connectivity index (χ4n) is 1.54. The van der Waals surface area contributed by atoms with E-state index in [0.29, 0.717) is 5.15 Å². The van der Waals surface area contributed by atoms with Crippen LogP contribution in [0.15, 0.2) is 30.8 Å². The zero-order valence-corrected chi connectivity index (χ0v) is 8.67. The molecule has 0 fully saturated rings. The number of hydrogen-bond donors (Lipinski definition) is 0. The van der Waals surface area contributed by atoms with E-state index in [4.69, 9.17) is 11.6 Å². The van der Waals surface area contributed by atoms with Gasteiger partial charge < -0.3 is 0 Å². The number of pyridine rings is 1. The van der Waals surface area contributed by atoms with Crippen molar-refractivity contribution in [1.82, 2.24) is 4.98 Å². The lowest BCUT2D eigenvalue weighted by atomic mass is 10.1. The van der Waals surface area contributed by atoms with Gasteiger partial charge in [0.25, 0.3) is 0 Å². The van der Waals surface area contributed by atoms with Gasteiger partial charge in [-0.2, -0.15) is 0 Å². The Bertz CT molecular complexity index is 503. The van der Waals surface area contributed by atoms with Gasteiger partial charge >= 0.3 is 0 Å². The van der Waals surface area contributed by atoms with Gasteiger partial charge in [0.05, 0.1) is 0 Å². The van der Waals surface area contributed by atoms with Crippen molar-refractivity contribution in [3.05, 3.63) is 47.3 Å². The van der Waals surface area contributed by atoms with E-state index in [1.807, 2.05) is 31.2 Å². The number of nitrogens with zero attached hydrogens (tertiary/aromatic N) is 1. The smallest absolute Gasteiger partial charge is 0.129 e. The van der Waals surface area contributed by atoms with E-state index in [0.717, 1.165) is 22.0 Å². The van der Waals surface area contributed by atoms with Crippen LogP contribution in [0.4, 0.5) is 0 Å². The minimum Gasteiger partial charge on any atom is -0.241 e. The van der Waals surface area contributed by atoms with E-state index in [2.05, 4.69) is 17.6 Å². The van der Waals surface area contributed by atoms with Crippen LogP contribution in [0, 0.1) is 6.92 Å². The normalized spacial score (nSPS) is 10.4. The predicted octanol–water partition coefficient (Wildman–Crippen LogP) is 3.84. The maximum Gasteiger partial charge on any atom is 0.129 e. The molecular formula is C12H10ClN. The summed E-state index contributed by atoms with van der Waals surface area (Å²) in [5.74, 6) is 0.